The molecule has 1 amide bonds. The van der Waals surface area contributed by atoms with Gasteiger partial charge in [0.2, 0.25) is 0 Å². The van der Waals surface area contributed by atoms with Crippen LogP contribution >= 0.6 is 0 Å². The molecule has 1 saturated carbocycles. The van der Waals surface area contributed by atoms with Gasteiger partial charge in [-0.15, -0.1) is 0 Å². The second-order valence-corrected chi connectivity index (χ2v) is 7.79. The van der Waals surface area contributed by atoms with Gasteiger partial charge in [-0.25, -0.2) is 4.98 Å². The maximum atomic E-state index is 13.2. The summed E-state index contributed by atoms with van der Waals surface area (Å²) < 4.78 is 38.2. The third kappa shape index (κ3) is 3.12. The molecule has 2 aliphatic rings. The SMILES string of the molecule is O=C(c1cccc2cc[nH]c12)N1C[C@@H]2C[C@@H](Nc3ccc(C(F)(F)F)cn3)[C@@H]1C2. The number of likely N-dealkylation sites (tertiary alicyclic amines) is 1. The fourth-order valence-electron chi connectivity index (χ4n) is 4.67. The van der Waals surface area contributed by atoms with Crippen molar-refractivity contribution in [1.29, 1.82) is 0 Å². The van der Waals surface area contributed by atoms with Gasteiger partial charge in [0.15, 0.2) is 0 Å². The van der Waals surface area contributed by atoms with Crippen molar-refractivity contribution >= 4 is 22.6 Å². The lowest BCUT2D eigenvalue weighted by atomic mass is 10.0. The average Bonchev–Trinajstić information content (AvgIpc) is 3.42. The van der Waals surface area contributed by atoms with Gasteiger partial charge >= 0.3 is 6.18 Å². The second kappa shape index (κ2) is 6.50. The zero-order valence-corrected chi connectivity index (χ0v) is 15.4. The Hall–Kier alpha value is -3.03. The number of H-pyrrole nitrogens is 1. The van der Waals surface area contributed by atoms with Crippen molar-refractivity contribution in [2.75, 3.05) is 11.9 Å². The van der Waals surface area contributed by atoms with Gasteiger partial charge in [-0.2, -0.15) is 13.2 Å². The maximum absolute atomic E-state index is 13.2. The molecule has 1 aromatic carbocycles. The van der Waals surface area contributed by atoms with Gasteiger partial charge in [0.05, 0.1) is 22.7 Å². The maximum Gasteiger partial charge on any atom is 0.417 e. The van der Waals surface area contributed by atoms with Crippen molar-refractivity contribution in [1.82, 2.24) is 14.9 Å². The van der Waals surface area contributed by atoms with Crippen LogP contribution in [0.4, 0.5) is 19.0 Å². The molecular formula is C21H19F3N4O. The van der Waals surface area contributed by atoms with E-state index in [0.29, 0.717) is 23.8 Å². The van der Waals surface area contributed by atoms with Crippen LogP contribution in [0.1, 0.15) is 28.8 Å². The Kier molecular flexibility index (Phi) is 4.04. The van der Waals surface area contributed by atoms with Crippen molar-refractivity contribution in [2.24, 2.45) is 5.92 Å². The molecular weight excluding hydrogens is 381 g/mol. The molecule has 2 bridgehead atoms. The Labute approximate surface area is 164 Å². The van der Waals surface area contributed by atoms with Gasteiger partial charge in [-0.3, -0.25) is 4.79 Å². The lowest BCUT2D eigenvalue weighted by molar-refractivity contribution is -0.137. The number of carbonyl (C=O) groups is 1. The molecule has 5 rings (SSSR count). The Bertz CT molecular complexity index is 1060. The summed E-state index contributed by atoms with van der Waals surface area (Å²) in [4.78, 5) is 22.2. The number of carbonyl (C=O) groups excluding carboxylic acids is 1. The molecule has 8 heteroatoms. The average molecular weight is 400 g/mol. The number of para-hydroxylation sites is 1. The summed E-state index contributed by atoms with van der Waals surface area (Å²) >= 11 is 0. The number of rotatable bonds is 3. The van der Waals surface area contributed by atoms with E-state index in [0.717, 1.165) is 36.0 Å². The van der Waals surface area contributed by atoms with E-state index in [1.165, 1.54) is 6.07 Å². The van der Waals surface area contributed by atoms with Crippen molar-refractivity contribution in [3.05, 3.63) is 59.9 Å². The number of pyridine rings is 1. The van der Waals surface area contributed by atoms with Gasteiger partial charge in [0, 0.05) is 30.4 Å². The molecule has 0 radical (unpaired) electrons. The van der Waals surface area contributed by atoms with E-state index in [4.69, 9.17) is 0 Å². The van der Waals surface area contributed by atoms with Crippen molar-refractivity contribution in [3.8, 4) is 0 Å². The molecule has 1 aliphatic carbocycles. The van der Waals surface area contributed by atoms with Crippen molar-refractivity contribution < 1.29 is 18.0 Å². The number of hydrogen-bond acceptors (Lipinski definition) is 3. The molecule has 1 saturated heterocycles. The molecule has 2 aromatic heterocycles. The Morgan fingerprint density at radius 3 is 2.76 bits per heavy atom. The van der Waals surface area contributed by atoms with Crippen LogP contribution in [0.25, 0.3) is 10.9 Å². The third-order valence-corrected chi connectivity index (χ3v) is 5.98. The van der Waals surface area contributed by atoms with Crippen LogP contribution in [0.15, 0.2) is 48.8 Å². The number of halogens is 3. The minimum absolute atomic E-state index is 0.00168. The first-order valence-electron chi connectivity index (χ1n) is 9.57. The largest absolute Gasteiger partial charge is 0.417 e. The lowest BCUT2D eigenvalue weighted by Crippen LogP contribution is -2.47. The van der Waals surface area contributed by atoms with Crippen molar-refractivity contribution in [2.45, 2.75) is 31.1 Å². The Morgan fingerprint density at radius 2 is 2.03 bits per heavy atom. The minimum Gasteiger partial charge on any atom is -0.365 e. The Balaban J connectivity index is 1.35. The van der Waals surface area contributed by atoms with E-state index in [1.807, 2.05) is 35.4 Å². The van der Waals surface area contributed by atoms with Gasteiger partial charge in [0.1, 0.15) is 5.82 Å². The van der Waals surface area contributed by atoms with Crippen LogP contribution in [-0.4, -0.2) is 39.4 Å². The molecule has 5 nitrogen and oxygen atoms in total. The van der Waals surface area contributed by atoms with Crippen LogP contribution in [0.5, 0.6) is 0 Å². The molecule has 0 unspecified atom stereocenters. The molecule has 2 fully saturated rings. The van der Waals surface area contributed by atoms with Gasteiger partial charge in [-0.1, -0.05) is 12.1 Å². The molecule has 29 heavy (non-hydrogen) atoms. The molecule has 3 aromatic rings. The fourth-order valence-corrected chi connectivity index (χ4v) is 4.67. The highest BCUT2D eigenvalue weighted by atomic mass is 19.4. The number of hydrogen-bond donors (Lipinski definition) is 2. The normalized spacial score (nSPS) is 23.7. The number of nitrogens with zero attached hydrogens (tertiary/aromatic N) is 2. The first kappa shape index (κ1) is 18.0. The summed E-state index contributed by atoms with van der Waals surface area (Å²) in [5, 5.41) is 4.23. The van der Waals surface area contributed by atoms with Crippen LogP contribution in [0, 0.1) is 5.92 Å². The lowest BCUT2D eigenvalue weighted by Gasteiger charge is -2.34. The number of aromatic amines is 1. The monoisotopic (exact) mass is 400 g/mol. The highest BCUT2D eigenvalue weighted by Gasteiger charge is 2.47. The van der Waals surface area contributed by atoms with Crippen LogP contribution in [-0.2, 0) is 6.18 Å². The summed E-state index contributed by atoms with van der Waals surface area (Å²) in [5.41, 5.74) is 0.701. The van der Waals surface area contributed by atoms with Gasteiger partial charge in [0.25, 0.3) is 5.91 Å². The van der Waals surface area contributed by atoms with Crippen molar-refractivity contribution in [3.63, 3.8) is 0 Å². The standard InChI is InChI=1S/C21H19F3N4O/c22-21(23,24)14-4-5-18(26-10-14)27-16-8-12-9-17(16)28(11-12)20(29)15-3-1-2-13-6-7-25-19(13)15/h1-7,10,12,16-17,25H,8-9,11H2,(H,26,27)/t12-,16-,17+/m1/s1. The van der Waals surface area contributed by atoms with E-state index < -0.39 is 11.7 Å². The zero-order valence-electron chi connectivity index (χ0n) is 15.4. The number of piperidine rings is 1. The van der Waals surface area contributed by atoms with E-state index in [-0.39, 0.29) is 18.0 Å². The Morgan fingerprint density at radius 1 is 1.17 bits per heavy atom. The van der Waals surface area contributed by atoms with Crippen LogP contribution in [0.2, 0.25) is 0 Å². The number of fused-ring (bicyclic) bond motifs is 3. The summed E-state index contributed by atoms with van der Waals surface area (Å²) in [7, 11) is 0. The van der Waals surface area contributed by atoms with E-state index in [1.54, 1.807) is 0 Å². The predicted octanol–water partition coefficient (Wildman–Crippen LogP) is 4.30. The molecule has 2 N–H and O–H groups in total. The molecule has 150 valence electrons. The quantitative estimate of drug-likeness (QED) is 0.689. The number of anilines is 1. The topological polar surface area (TPSA) is 61.0 Å². The number of alkyl halides is 3. The minimum atomic E-state index is -4.40. The van der Waals surface area contributed by atoms with Crippen LogP contribution in [0.3, 0.4) is 0 Å². The number of amides is 1. The molecule has 1 aliphatic heterocycles. The van der Waals surface area contributed by atoms with Gasteiger partial charge in [-0.05, 0) is 43.0 Å². The summed E-state index contributed by atoms with van der Waals surface area (Å²) in [6, 6.07) is 9.94. The van der Waals surface area contributed by atoms with E-state index >= 15 is 0 Å². The van der Waals surface area contributed by atoms with Gasteiger partial charge < -0.3 is 15.2 Å². The predicted molar refractivity (Wildman–Crippen MR) is 102 cm³/mol. The molecule has 0 spiro atoms. The molecule has 3 atom stereocenters. The summed E-state index contributed by atoms with van der Waals surface area (Å²) in [5.74, 6) is 0.769. The highest BCUT2D eigenvalue weighted by Crippen LogP contribution is 2.40. The second-order valence-electron chi connectivity index (χ2n) is 7.79. The van der Waals surface area contributed by atoms with Crippen LogP contribution < -0.4 is 5.32 Å². The number of benzene rings is 1. The fraction of sp³-hybridized carbons (Fsp3) is 0.333. The number of nitrogens with one attached hydrogen (secondary N) is 2. The van der Waals surface area contributed by atoms with E-state index in [2.05, 4.69) is 15.3 Å². The highest BCUT2D eigenvalue weighted by molar-refractivity contribution is 6.06. The van der Waals surface area contributed by atoms with E-state index in [9.17, 15) is 18.0 Å². The first-order valence-corrected chi connectivity index (χ1v) is 9.57. The zero-order chi connectivity index (χ0) is 20.2. The smallest absolute Gasteiger partial charge is 0.365 e. The number of aromatic nitrogens is 2. The molecule has 3 heterocycles. The third-order valence-electron chi connectivity index (χ3n) is 5.98. The summed E-state index contributed by atoms with van der Waals surface area (Å²) in [6.45, 7) is 0.708. The summed E-state index contributed by atoms with van der Waals surface area (Å²) in [6.07, 6.45) is 0.0250. The first-order chi connectivity index (χ1) is 13.9.